The molecule has 0 saturated heterocycles. The molecule has 0 aromatic heterocycles. The summed E-state index contributed by atoms with van der Waals surface area (Å²) in [6.45, 7) is 2.06. The zero-order valence-corrected chi connectivity index (χ0v) is 16.9. The first kappa shape index (κ1) is 19.5. The van der Waals surface area contributed by atoms with Crippen LogP contribution in [0.25, 0.3) is 0 Å². The topological polar surface area (TPSA) is 61.4 Å². The molecular formula is C18H19ClIN3O2. The Balaban J connectivity index is 1.85. The van der Waals surface area contributed by atoms with Gasteiger partial charge in [-0.1, -0.05) is 23.7 Å². The van der Waals surface area contributed by atoms with Gasteiger partial charge in [0.2, 0.25) is 11.8 Å². The molecule has 2 aromatic rings. The third kappa shape index (κ3) is 5.89. The Morgan fingerprint density at radius 1 is 1.16 bits per heavy atom. The first-order valence-corrected chi connectivity index (χ1v) is 9.11. The van der Waals surface area contributed by atoms with Crippen LogP contribution in [0.1, 0.15) is 5.56 Å². The zero-order valence-electron chi connectivity index (χ0n) is 14.0. The van der Waals surface area contributed by atoms with Crippen molar-refractivity contribution in [1.29, 1.82) is 0 Å². The lowest BCUT2D eigenvalue weighted by atomic mass is 10.2. The van der Waals surface area contributed by atoms with Crippen LogP contribution in [0.15, 0.2) is 42.5 Å². The molecule has 2 aromatic carbocycles. The van der Waals surface area contributed by atoms with Gasteiger partial charge in [0.1, 0.15) is 0 Å². The van der Waals surface area contributed by atoms with E-state index in [-0.39, 0.29) is 24.9 Å². The van der Waals surface area contributed by atoms with Crippen LogP contribution in [0.4, 0.5) is 11.4 Å². The summed E-state index contributed by atoms with van der Waals surface area (Å²) in [5.74, 6) is -0.471. The van der Waals surface area contributed by atoms with Crippen LogP contribution >= 0.6 is 34.2 Å². The van der Waals surface area contributed by atoms with Gasteiger partial charge in [-0.05, 0) is 65.4 Å². The highest BCUT2D eigenvalue weighted by Crippen LogP contribution is 2.20. The van der Waals surface area contributed by atoms with Crippen molar-refractivity contribution >= 4 is 57.4 Å². The molecule has 25 heavy (non-hydrogen) atoms. The molecule has 0 unspecified atom stereocenters. The summed E-state index contributed by atoms with van der Waals surface area (Å²) >= 11 is 8.25. The molecule has 0 aliphatic rings. The molecule has 0 fully saturated rings. The lowest BCUT2D eigenvalue weighted by Gasteiger charge is -2.18. The Morgan fingerprint density at radius 3 is 2.56 bits per heavy atom. The van der Waals surface area contributed by atoms with Crippen LogP contribution in [-0.2, 0) is 9.59 Å². The number of aryl methyl sites for hydroxylation is 1. The molecule has 0 atom stereocenters. The number of rotatable bonds is 6. The van der Waals surface area contributed by atoms with E-state index in [0.29, 0.717) is 10.7 Å². The van der Waals surface area contributed by atoms with Crippen molar-refractivity contribution in [3.63, 3.8) is 0 Å². The Kier molecular flexibility index (Phi) is 7.07. The predicted molar refractivity (Wildman–Crippen MR) is 110 cm³/mol. The van der Waals surface area contributed by atoms with Crippen molar-refractivity contribution in [1.82, 2.24) is 4.90 Å². The van der Waals surface area contributed by atoms with Crippen LogP contribution in [0.2, 0.25) is 5.02 Å². The van der Waals surface area contributed by atoms with E-state index in [1.165, 1.54) is 4.90 Å². The number of para-hydroxylation sites is 1. The molecule has 132 valence electrons. The molecular weight excluding hydrogens is 453 g/mol. The number of hydrogen-bond donors (Lipinski definition) is 2. The van der Waals surface area contributed by atoms with Gasteiger partial charge in [-0.15, -0.1) is 0 Å². The zero-order chi connectivity index (χ0) is 18.4. The Hall–Kier alpha value is -1.80. The molecule has 0 spiro atoms. The SMILES string of the molecule is Cc1cc(I)ccc1NCC(=O)N(C)CC(=O)Nc1ccccc1Cl. The maximum absolute atomic E-state index is 12.2. The number of hydrogen-bond acceptors (Lipinski definition) is 3. The average molecular weight is 472 g/mol. The van der Waals surface area contributed by atoms with Crippen molar-refractivity contribution in [3.8, 4) is 0 Å². The number of likely N-dealkylation sites (N-methyl/N-ethyl adjacent to an activating group) is 1. The first-order valence-electron chi connectivity index (χ1n) is 7.65. The Morgan fingerprint density at radius 2 is 1.88 bits per heavy atom. The van der Waals surface area contributed by atoms with Gasteiger partial charge < -0.3 is 15.5 Å². The Bertz CT molecular complexity index is 783. The largest absolute Gasteiger partial charge is 0.376 e. The fourth-order valence-electron chi connectivity index (χ4n) is 2.19. The summed E-state index contributed by atoms with van der Waals surface area (Å²) in [6.07, 6.45) is 0. The van der Waals surface area contributed by atoms with Gasteiger partial charge in [-0.2, -0.15) is 0 Å². The van der Waals surface area contributed by atoms with E-state index in [1.54, 1.807) is 31.3 Å². The molecule has 5 nitrogen and oxygen atoms in total. The molecule has 0 bridgehead atoms. The van der Waals surface area contributed by atoms with Crippen LogP contribution in [-0.4, -0.2) is 36.9 Å². The number of carbonyl (C=O) groups excluding carboxylic acids is 2. The van der Waals surface area contributed by atoms with Crippen molar-refractivity contribution in [3.05, 3.63) is 56.6 Å². The van der Waals surface area contributed by atoms with Crippen LogP contribution in [0.3, 0.4) is 0 Å². The fourth-order valence-corrected chi connectivity index (χ4v) is 3.02. The summed E-state index contributed by atoms with van der Waals surface area (Å²) in [7, 11) is 1.59. The van der Waals surface area contributed by atoms with Gasteiger partial charge in [0.25, 0.3) is 0 Å². The lowest BCUT2D eigenvalue weighted by molar-refractivity contribution is -0.131. The summed E-state index contributed by atoms with van der Waals surface area (Å²) in [5.41, 5.74) is 2.50. The van der Waals surface area contributed by atoms with Crippen LogP contribution in [0.5, 0.6) is 0 Å². The minimum atomic E-state index is -0.297. The Labute approximate surface area is 165 Å². The summed E-state index contributed by atoms with van der Waals surface area (Å²) < 4.78 is 1.14. The second-order valence-corrected chi connectivity index (χ2v) is 7.24. The molecule has 2 amide bonds. The van der Waals surface area contributed by atoms with Crippen LogP contribution < -0.4 is 10.6 Å². The standard InChI is InChI=1S/C18H19ClIN3O2/c1-12-9-13(20)7-8-15(12)21-10-18(25)23(2)11-17(24)22-16-6-4-3-5-14(16)19/h3-9,21H,10-11H2,1-2H3,(H,22,24). The normalized spacial score (nSPS) is 10.2. The minimum absolute atomic E-state index is 0.0442. The summed E-state index contributed by atoms with van der Waals surface area (Å²) in [6, 6.07) is 12.9. The molecule has 0 saturated carbocycles. The van der Waals surface area contributed by atoms with Crippen LogP contribution in [0, 0.1) is 10.5 Å². The second-order valence-electron chi connectivity index (χ2n) is 5.59. The van der Waals surface area contributed by atoms with E-state index in [0.717, 1.165) is 14.8 Å². The number of amides is 2. The average Bonchev–Trinajstić information content (AvgIpc) is 2.55. The maximum Gasteiger partial charge on any atom is 0.244 e. The minimum Gasteiger partial charge on any atom is -0.376 e. The molecule has 7 heteroatoms. The molecule has 0 aliphatic carbocycles. The smallest absolute Gasteiger partial charge is 0.244 e. The van der Waals surface area contributed by atoms with Gasteiger partial charge in [-0.25, -0.2) is 0 Å². The molecule has 0 radical (unpaired) electrons. The summed E-state index contributed by atoms with van der Waals surface area (Å²) in [5, 5.41) is 6.26. The molecule has 0 aliphatic heterocycles. The number of benzene rings is 2. The van der Waals surface area contributed by atoms with Gasteiger partial charge >= 0.3 is 0 Å². The maximum atomic E-state index is 12.2. The fraction of sp³-hybridized carbons (Fsp3) is 0.222. The quantitative estimate of drug-likeness (QED) is 0.631. The highest BCUT2D eigenvalue weighted by Gasteiger charge is 2.14. The highest BCUT2D eigenvalue weighted by molar-refractivity contribution is 14.1. The van der Waals surface area contributed by atoms with E-state index in [2.05, 4.69) is 33.2 Å². The van der Waals surface area contributed by atoms with Gasteiger partial charge in [0.15, 0.2) is 0 Å². The van der Waals surface area contributed by atoms with Crippen molar-refractivity contribution in [2.24, 2.45) is 0 Å². The number of anilines is 2. The van der Waals surface area contributed by atoms with Crippen molar-refractivity contribution in [2.45, 2.75) is 6.92 Å². The number of halogens is 2. The molecule has 2 N–H and O–H groups in total. The van der Waals surface area contributed by atoms with E-state index >= 15 is 0 Å². The first-order chi connectivity index (χ1) is 11.9. The molecule has 0 heterocycles. The van der Waals surface area contributed by atoms with Crippen molar-refractivity contribution in [2.75, 3.05) is 30.8 Å². The lowest BCUT2D eigenvalue weighted by Crippen LogP contribution is -2.38. The van der Waals surface area contributed by atoms with E-state index < -0.39 is 0 Å². The predicted octanol–water partition coefficient (Wildman–Crippen LogP) is 3.76. The molecule has 2 rings (SSSR count). The third-order valence-electron chi connectivity index (χ3n) is 3.57. The van der Waals surface area contributed by atoms with E-state index in [9.17, 15) is 9.59 Å². The number of carbonyl (C=O) groups is 2. The van der Waals surface area contributed by atoms with E-state index in [1.807, 2.05) is 25.1 Å². The van der Waals surface area contributed by atoms with Gasteiger partial charge in [0.05, 0.1) is 23.8 Å². The van der Waals surface area contributed by atoms with Gasteiger partial charge in [0, 0.05) is 16.3 Å². The monoisotopic (exact) mass is 471 g/mol. The van der Waals surface area contributed by atoms with Crippen molar-refractivity contribution < 1.29 is 9.59 Å². The van der Waals surface area contributed by atoms with E-state index in [4.69, 9.17) is 11.6 Å². The van der Waals surface area contributed by atoms with Gasteiger partial charge in [-0.3, -0.25) is 9.59 Å². The highest BCUT2D eigenvalue weighted by atomic mass is 127. The summed E-state index contributed by atoms with van der Waals surface area (Å²) in [4.78, 5) is 25.6. The second kappa shape index (κ2) is 9.05. The number of nitrogens with zero attached hydrogens (tertiary/aromatic N) is 1. The third-order valence-corrected chi connectivity index (χ3v) is 4.57. The number of nitrogens with one attached hydrogen (secondary N) is 2.